The monoisotopic (exact) mass is 400 g/mol. The summed E-state index contributed by atoms with van der Waals surface area (Å²) in [5, 5.41) is 5.83. The summed E-state index contributed by atoms with van der Waals surface area (Å²) < 4.78 is 33.9. The average Bonchev–Trinajstić information content (AvgIpc) is 2.57. The fraction of sp³-hybridized carbons (Fsp3) is 0.579. The van der Waals surface area contributed by atoms with Crippen LogP contribution in [0.2, 0.25) is 0 Å². The highest BCUT2D eigenvalue weighted by molar-refractivity contribution is 5.79. The van der Waals surface area contributed by atoms with Gasteiger partial charge in [-0.3, -0.25) is 4.99 Å². The Balaban J connectivity index is 2.56. The fourth-order valence-corrected chi connectivity index (χ4v) is 2.23. The van der Waals surface area contributed by atoms with Crippen LogP contribution in [0.5, 0.6) is 5.75 Å². The third-order valence-electron chi connectivity index (χ3n) is 3.31. The van der Waals surface area contributed by atoms with E-state index in [2.05, 4.69) is 20.4 Å². The number of halogens is 2. The van der Waals surface area contributed by atoms with Crippen molar-refractivity contribution in [2.24, 2.45) is 4.99 Å². The van der Waals surface area contributed by atoms with Crippen LogP contribution in [0, 0.1) is 0 Å². The van der Waals surface area contributed by atoms with Gasteiger partial charge in [0.2, 0.25) is 0 Å². The van der Waals surface area contributed by atoms with E-state index >= 15 is 0 Å². The van der Waals surface area contributed by atoms with Gasteiger partial charge in [0.15, 0.2) is 5.96 Å². The minimum atomic E-state index is -2.84. The Bertz CT molecular complexity index is 631. The van der Waals surface area contributed by atoms with Gasteiger partial charge in [-0.1, -0.05) is 12.1 Å². The first-order valence-corrected chi connectivity index (χ1v) is 9.10. The molecule has 1 rings (SSSR count). The van der Waals surface area contributed by atoms with Crippen LogP contribution in [0.15, 0.2) is 29.3 Å². The van der Waals surface area contributed by atoms with Crippen LogP contribution in [0.1, 0.15) is 33.3 Å². The predicted octanol–water partition coefficient (Wildman–Crippen LogP) is 3.21. The van der Waals surface area contributed by atoms with Crippen molar-refractivity contribution in [1.29, 1.82) is 0 Å². The maximum atomic E-state index is 12.2. The molecule has 1 amide bonds. The molecule has 158 valence electrons. The van der Waals surface area contributed by atoms with Gasteiger partial charge in [0.05, 0.1) is 6.54 Å². The van der Waals surface area contributed by atoms with Crippen molar-refractivity contribution in [3.8, 4) is 5.75 Å². The second kappa shape index (κ2) is 11.3. The number of rotatable bonds is 8. The van der Waals surface area contributed by atoms with Gasteiger partial charge in [-0.05, 0) is 45.4 Å². The zero-order chi connectivity index (χ0) is 21.2. The van der Waals surface area contributed by atoms with Crippen molar-refractivity contribution in [1.82, 2.24) is 15.5 Å². The van der Waals surface area contributed by atoms with Gasteiger partial charge in [-0.15, -0.1) is 0 Å². The summed E-state index contributed by atoms with van der Waals surface area (Å²) >= 11 is 0. The maximum Gasteiger partial charge on any atom is 0.407 e. The SMILES string of the molecule is CCNC(=NCCNC(=O)OC(C)(C)C)N(C)Cc1ccc(OC(F)F)cc1. The largest absolute Gasteiger partial charge is 0.444 e. The molecule has 0 atom stereocenters. The second-order valence-electron chi connectivity index (χ2n) is 7.04. The topological polar surface area (TPSA) is 75.2 Å². The minimum Gasteiger partial charge on any atom is -0.444 e. The number of hydrogen-bond donors (Lipinski definition) is 2. The van der Waals surface area contributed by atoms with E-state index in [9.17, 15) is 13.6 Å². The van der Waals surface area contributed by atoms with Crippen LogP contribution in [-0.4, -0.2) is 55.8 Å². The van der Waals surface area contributed by atoms with Gasteiger partial charge in [0.25, 0.3) is 0 Å². The number of ether oxygens (including phenoxy) is 2. The first kappa shape index (κ1) is 23.5. The highest BCUT2D eigenvalue weighted by Gasteiger charge is 2.15. The van der Waals surface area contributed by atoms with E-state index in [4.69, 9.17) is 4.74 Å². The summed E-state index contributed by atoms with van der Waals surface area (Å²) in [4.78, 5) is 18.0. The maximum absolute atomic E-state index is 12.2. The van der Waals surface area contributed by atoms with E-state index in [1.807, 2.05) is 18.9 Å². The van der Waals surface area contributed by atoms with Crippen molar-refractivity contribution >= 4 is 12.1 Å². The molecule has 0 saturated heterocycles. The molecule has 2 N–H and O–H groups in total. The van der Waals surface area contributed by atoms with Crippen molar-refractivity contribution < 1.29 is 23.0 Å². The number of carbonyl (C=O) groups is 1. The molecule has 9 heteroatoms. The first-order chi connectivity index (χ1) is 13.1. The Morgan fingerprint density at radius 2 is 1.86 bits per heavy atom. The minimum absolute atomic E-state index is 0.121. The molecule has 28 heavy (non-hydrogen) atoms. The average molecular weight is 400 g/mol. The van der Waals surface area contributed by atoms with E-state index < -0.39 is 18.3 Å². The molecule has 0 spiro atoms. The summed E-state index contributed by atoms with van der Waals surface area (Å²) in [6.45, 7) is 6.46. The molecule has 0 aliphatic rings. The van der Waals surface area contributed by atoms with Crippen LogP contribution >= 0.6 is 0 Å². The quantitative estimate of drug-likeness (QED) is 0.398. The normalized spacial score (nSPS) is 11.9. The molecular formula is C19H30F2N4O3. The predicted molar refractivity (Wildman–Crippen MR) is 105 cm³/mol. The van der Waals surface area contributed by atoms with E-state index in [1.165, 1.54) is 12.1 Å². The fourth-order valence-electron chi connectivity index (χ4n) is 2.23. The lowest BCUT2D eigenvalue weighted by Crippen LogP contribution is -2.39. The molecule has 1 aromatic carbocycles. The van der Waals surface area contributed by atoms with E-state index in [1.54, 1.807) is 32.9 Å². The Hall–Kier alpha value is -2.58. The third-order valence-corrected chi connectivity index (χ3v) is 3.31. The standard InChI is InChI=1S/C19H30F2N4O3/c1-6-22-17(23-11-12-24-18(26)28-19(2,3)4)25(5)13-14-7-9-15(10-8-14)27-16(20)21/h7-10,16H,6,11-13H2,1-5H3,(H,22,23)(H,24,26). The van der Waals surface area contributed by atoms with Crippen LogP contribution in [0.4, 0.5) is 13.6 Å². The molecular weight excluding hydrogens is 370 g/mol. The van der Waals surface area contributed by atoms with E-state index in [0.717, 1.165) is 5.56 Å². The lowest BCUT2D eigenvalue weighted by molar-refractivity contribution is -0.0498. The third kappa shape index (κ3) is 9.94. The van der Waals surface area contributed by atoms with Crippen molar-refractivity contribution in [2.75, 3.05) is 26.7 Å². The Morgan fingerprint density at radius 3 is 2.39 bits per heavy atom. The molecule has 0 unspecified atom stereocenters. The molecule has 1 aromatic rings. The summed E-state index contributed by atoms with van der Waals surface area (Å²) in [6, 6.07) is 6.46. The highest BCUT2D eigenvalue weighted by atomic mass is 19.3. The molecule has 0 saturated carbocycles. The van der Waals surface area contributed by atoms with Crippen molar-refractivity contribution in [2.45, 2.75) is 46.5 Å². The van der Waals surface area contributed by atoms with Gasteiger partial charge >= 0.3 is 12.7 Å². The smallest absolute Gasteiger partial charge is 0.407 e. The second-order valence-corrected chi connectivity index (χ2v) is 7.04. The Morgan fingerprint density at radius 1 is 1.21 bits per heavy atom. The zero-order valence-corrected chi connectivity index (χ0v) is 17.1. The molecule has 0 aromatic heterocycles. The number of nitrogens with one attached hydrogen (secondary N) is 2. The molecule has 0 bridgehead atoms. The van der Waals surface area contributed by atoms with Crippen molar-refractivity contribution in [3.05, 3.63) is 29.8 Å². The van der Waals surface area contributed by atoms with Crippen LogP contribution in [0.3, 0.4) is 0 Å². The summed E-state index contributed by atoms with van der Waals surface area (Å²) in [5.74, 6) is 0.789. The van der Waals surface area contributed by atoms with Gasteiger partial charge in [0.1, 0.15) is 11.4 Å². The summed E-state index contributed by atoms with van der Waals surface area (Å²) in [5.41, 5.74) is 0.375. The Kier molecular flexibility index (Phi) is 9.47. The number of guanidine groups is 1. The van der Waals surface area contributed by atoms with Crippen LogP contribution in [-0.2, 0) is 11.3 Å². The Labute approximate surface area is 165 Å². The summed E-state index contributed by atoms with van der Waals surface area (Å²) in [6.07, 6.45) is -0.479. The van der Waals surface area contributed by atoms with Gasteiger partial charge < -0.3 is 25.0 Å². The van der Waals surface area contributed by atoms with Crippen LogP contribution < -0.4 is 15.4 Å². The lowest BCUT2D eigenvalue weighted by atomic mass is 10.2. The van der Waals surface area contributed by atoms with Gasteiger partial charge in [0, 0.05) is 26.7 Å². The number of benzene rings is 1. The molecule has 0 heterocycles. The highest BCUT2D eigenvalue weighted by Crippen LogP contribution is 2.15. The number of alkyl carbamates (subject to hydrolysis) is 1. The number of carbonyl (C=O) groups excluding carboxylic acids is 1. The van der Waals surface area contributed by atoms with Gasteiger partial charge in [-0.2, -0.15) is 8.78 Å². The molecule has 0 aliphatic heterocycles. The van der Waals surface area contributed by atoms with E-state index in [0.29, 0.717) is 32.1 Å². The first-order valence-electron chi connectivity index (χ1n) is 9.10. The van der Waals surface area contributed by atoms with Gasteiger partial charge in [-0.25, -0.2) is 4.79 Å². The lowest BCUT2D eigenvalue weighted by Gasteiger charge is -2.22. The molecule has 0 aliphatic carbocycles. The summed E-state index contributed by atoms with van der Waals surface area (Å²) in [7, 11) is 1.87. The zero-order valence-electron chi connectivity index (χ0n) is 17.1. The number of hydrogen-bond acceptors (Lipinski definition) is 4. The molecule has 7 nitrogen and oxygen atoms in total. The number of nitrogens with zero attached hydrogens (tertiary/aromatic N) is 2. The molecule has 0 radical (unpaired) electrons. The van der Waals surface area contributed by atoms with Crippen LogP contribution in [0.25, 0.3) is 0 Å². The van der Waals surface area contributed by atoms with Crippen molar-refractivity contribution in [3.63, 3.8) is 0 Å². The molecule has 0 fully saturated rings. The number of alkyl halides is 2. The van der Waals surface area contributed by atoms with E-state index in [-0.39, 0.29) is 5.75 Å². The number of aliphatic imine (C=N–C) groups is 1. The number of amides is 1.